The number of H-pyrrole nitrogens is 1. The summed E-state index contributed by atoms with van der Waals surface area (Å²) >= 11 is 7.33. The lowest BCUT2D eigenvalue weighted by atomic mass is 10.2. The van der Waals surface area contributed by atoms with Gasteiger partial charge >= 0.3 is 0 Å². The van der Waals surface area contributed by atoms with E-state index in [9.17, 15) is 4.39 Å². The number of fused-ring (bicyclic) bond motifs is 1. The van der Waals surface area contributed by atoms with Crippen LogP contribution in [0, 0.1) is 14.2 Å². The molecule has 20 heavy (non-hydrogen) atoms. The zero-order chi connectivity index (χ0) is 14.3. The van der Waals surface area contributed by atoms with Gasteiger partial charge in [-0.05, 0) is 47.9 Å². The third-order valence-corrected chi connectivity index (χ3v) is 4.69. The number of morpholine rings is 1. The number of hydrogen-bond donors (Lipinski definition) is 1. The molecule has 1 aliphatic rings. The molecular weight excluding hydrogens is 392 g/mol. The zero-order valence-corrected chi connectivity index (χ0v) is 14.0. The van der Waals surface area contributed by atoms with Crippen LogP contribution in [0.1, 0.15) is 0 Å². The van der Waals surface area contributed by atoms with Gasteiger partial charge in [0.05, 0.1) is 33.9 Å². The van der Waals surface area contributed by atoms with Crippen LogP contribution in [-0.4, -0.2) is 47.3 Å². The van der Waals surface area contributed by atoms with Crippen molar-refractivity contribution in [1.29, 1.82) is 0 Å². The second kappa shape index (κ2) is 5.70. The maximum absolute atomic E-state index is 13.8. The highest BCUT2D eigenvalue weighted by Gasteiger charge is 2.20. The Bertz CT molecular complexity index is 699. The Balaban J connectivity index is 1.96. The second-order valence-corrected chi connectivity index (χ2v) is 6.63. The normalized spacial score (nSPS) is 20.6. The van der Waals surface area contributed by atoms with E-state index in [4.69, 9.17) is 17.0 Å². The Kier molecular flexibility index (Phi) is 4.11. The maximum Gasteiger partial charge on any atom is 0.178 e. The van der Waals surface area contributed by atoms with Crippen molar-refractivity contribution in [2.45, 2.75) is 12.6 Å². The summed E-state index contributed by atoms with van der Waals surface area (Å²) in [6.07, 6.45) is 0.0850. The van der Waals surface area contributed by atoms with Gasteiger partial charge in [0.2, 0.25) is 0 Å². The molecular formula is C13H15FIN3OS. The Morgan fingerprint density at radius 1 is 1.55 bits per heavy atom. The molecule has 1 atom stereocenters. The van der Waals surface area contributed by atoms with E-state index >= 15 is 0 Å². The van der Waals surface area contributed by atoms with Gasteiger partial charge in [-0.25, -0.2) is 4.39 Å². The van der Waals surface area contributed by atoms with Crippen LogP contribution in [0.2, 0.25) is 0 Å². The number of nitrogens with one attached hydrogen (secondary N) is 1. The number of likely N-dealkylation sites (N-methyl/N-ethyl adjacent to an activating group) is 1. The first-order valence-corrected chi connectivity index (χ1v) is 7.91. The number of hydrogen-bond acceptors (Lipinski definition) is 3. The predicted molar refractivity (Wildman–Crippen MR) is 87.0 cm³/mol. The van der Waals surface area contributed by atoms with Crippen molar-refractivity contribution in [3.63, 3.8) is 0 Å². The van der Waals surface area contributed by atoms with Gasteiger partial charge in [-0.3, -0.25) is 0 Å². The molecule has 3 rings (SSSR count). The minimum absolute atomic E-state index is 0.0850. The molecule has 1 saturated heterocycles. The number of rotatable bonds is 2. The van der Waals surface area contributed by atoms with Crippen LogP contribution in [0.4, 0.5) is 4.39 Å². The number of nitrogens with zero attached hydrogens (tertiary/aromatic N) is 2. The lowest BCUT2D eigenvalue weighted by Gasteiger charge is -2.30. The molecule has 0 amide bonds. The summed E-state index contributed by atoms with van der Waals surface area (Å²) < 4.78 is 22.7. The van der Waals surface area contributed by atoms with Gasteiger partial charge in [0, 0.05) is 19.2 Å². The Morgan fingerprint density at radius 3 is 3.10 bits per heavy atom. The number of aromatic nitrogens is 2. The largest absolute Gasteiger partial charge is 0.374 e. The highest BCUT2D eigenvalue weighted by molar-refractivity contribution is 14.1. The summed E-state index contributed by atoms with van der Waals surface area (Å²) in [5, 5.41) is 0. The zero-order valence-electron chi connectivity index (χ0n) is 11.0. The van der Waals surface area contributed by atoms with Crippen LogP contribution in [0.25, 0.3) is 11.0 Å². The molecule has 0 saturated carbocycles. The first-order valence-electron chi connectivity index (χ1n) is 6.42. The van der Waals surface area contributed by atoms with Crippen molar-refractivity contribution in [3.8, 4) is 0 Å². The number of benzene rings is 1. The molecule has 0 spiro atoms. The number of imidazole rings is 1. The van der Waals surface area contributed by atoms with Gasteiger partial charge in [-0.15, -0.1) is 0 Å². The minimum Gasteiger partial charge on any atom is -0.374 e. The van der Waals surface area contributed by atoms with Crippen molar-refractivity contribution >= 4 is 45.8 Å². The molecule has 4 nitrogen and oxygen atoms in total. The van der Waals surface area contributed by atoms with E-state index in [0.717, 1.165) is 30.7 Å². The minimum atomic E-state index is -0.220. The van der Waals surface area contributed by atoms with E-state index in [1.54, 1.807) is 6.07 Å². The Hall–Kier alpha value is -0.510. The van der Waals surface area contributed by atoms with Crippen LogP contribution >= 0.6 is 34.8 Å². The SMILES string of the molecule is CN1CCOC(Cn2c(=S)[nH]c3cc(I)c(F)cc32)C1. The molecule has 0 radical (unpaired) electrons. The van der Waals surface area contributed by atoms with Gasteiger partial charge in [0.1, 0.15) is 5.82 Å². The second-order valence-electron chi connectivity index (χ2n) is 5.08. The average molecular weight is 407 g/mol. The quantitative estimate of drug-likeness (QED) is 0.614. The number of ether oxygens (including phenoxy) is 1. The van der Waals surface area contributed by atoms with Crippen LogP contribution in [0.15, 0.2) is 12.1 Å². The number of aromatic amines is 1. The fraction of sp³-hybridized carbons (Fsp3) is 0.462. The van der Waals surface area contributed by atoms with Crippen LogP contribution < -0.4 is 0 Å². The molecule has 1 aromatic heterocycles. The summed E-state index contributed by atoms with van der Waals surface area (Å²) in [5.74, 6) is -0.220. The van der Waals surface area contributed by atoms with Gasteiger partial charge < -0.3 is 19.2 Å². The molecule has 7 heteroatoms. The molecule has 0 bridgehead atoms. The molecule has 1 unspecified atom stereocenters. The molecule has 2 aromatic rings. The van der Waals surface area contributed by atoms with Crippen LogP contribution in [0.3, 0.4) is 0 Å². The van der Waals surface area contributed by atoms with Crippen molar-refractivity contribution in [2.75, 3.05) is 26.7 Å². The Morgan fingerprint density at radius 2 is 2.35 bits per heavy atom. The van der Waals surface area contributed by atoms with E-state index < -0.39 is 0 Å². The lowest BCUT2D eigenvalue weighted by molar-refractivity contribution is -0.0271. The summed E-state index contributed by atoms with van der Waals surface area (Å²) in [6, 6.07) is 3.32. The van der Waals surface area contributed by atoms with E-state index in [1.807, 2.05) is 27.2 Å². The third kappa shape index (κ3) is 2.76. The molecule has 0 aliphatic carbocycles. The maximum atomic E-state index is 13.8. The van der Waals surface area contributed by atoms with E-state index in [2.05, 4.69) is 16.9 Å². The molecule has 1 aliphatic heterocycles. The predicted octanol–water partition coefficient (Wildman–Crippen LogP) is 2.77. The standard InChI is InChI=1S/C13H15FIN3OS/c1-17-2-3-19-8(6-17)7-18-12-4-9(14)10(15)5-11(12)16-13(18)20/h4-5,8H,2-3,6-7H2,1H3,(H,16,20). The van der Waals surface area contributed by atoms with Crippen molar-refractivity contribution < 1.29 is 9.13 Å². The lowest BCUT2D eigenvalue weighted by Crippen LogP contribution is -2.41. The van der Waals surface area contributed by atoms with Crippen molar-refractivity contribution in [2.24, 2.45) is 0 Å². The summed E-state index contributed by atoms with van der Waals surface area (Å²) in [6.45, 7) is 3.18. The highest BCUT2D eigenvalue weighted by Crippen LogP contribution is 2.21. The monoisotopic (exact) mass is 407 g/mol. The molecule has 1 aromatic carbocycles. The first-order chi connectivity index (χ1) is 9.54. The first kappa shape index (κ1) is 14.4. The van der Waals surface area contributed by atoms with Crippen LogP contribution in [0.5, 0.6) is 0 Å². The van der Waals surface area contributed by atoms with E-state index in [-0.39, 0.29) is 11.9 Å². The topological polar surface area (TPSA) is 33.2 Å². The smallest absolute Gasteiger partial charge is 0.178 e. The summed E-state index contributed by atoms with van der Waals surface area (Å²) in [7, 11) is 2.08. The summed E-state index contributed by atoms with van der Waals surface area (Å²) in [4.78, 5) is 5.37. The fourth-order valence-electron chi connectivity index (χ4n) is 2.51. The van der Waals surface area contributed by atoms with Gasteiger partial charge in [0.25, 0.3) is 0 Å². The van der Waals surface area contributed by atoms with Gasteiger partial charge in [-0.1, -0.05) is 0 Å². The van der Waals surface area contributed by atoms with Crippen LogP contribution in [-0.2, 0) is 11.3 Å². The molecule has 2 heterocycles. The van der Waals surface area contributed by atoms with Gasteiger partial charge in [-0.2, -0.15) is 0 Å². The molecule has 1 fully saturated rings. The van der Waals surface area contributed by atoms with E-state index in [1.165, 1.54) is 6.07 Å². The van der Waals surface area contributed by atoms with Crippen molar-refractivity contribution in [3.05, 3.63) is 26.3 Å². The van der Waals surface area contributed by atoms with E-state index in [0.29, 0.717) is 14.9 Å². The van der Waals surface area contributed by atoms with Crippen molar-refractivity contribution in [1.82, 2.24) is 14.5 Å². The van der Waals surface area contributed by atoms with Gasteiger partial charge in [0.15, 0.2) is 4.77 Å². The third-order valence-electron chi connectivity index (χ3n) is 3.54. The number of halogens is 2. The fourth-order valence-corrected chi connectivity index (χ4v) is 3.26. The average Bonchev–Trinajstić information content (AvgIpc) is 2.67. The Labute approximate surface area is 135 Å². The highest BCUT2D eigenvalue weighted by atomic mass is 127. The summed E-state index contributed by atoms with van der Waals surface area (Å²) in [5.41, 5.74) is 1.66. The molecule has 1 N–H and O–H groups in total. The molecule has 108 valence electrons.